The Morgan fingerprint density at radius 1 is 0.800 bits per heavy atom. The molecule has 1 fully saturated rings. The van der Waals surface area contributed by atoms with Gasteiger partial charge in [-0.25, -0.2) is 0 Å². The number of rotatable bonds is 5. The van der Waals surface area contributed by atoms with Gasteiger partial charge in [-0.05, 0) is 61.3 Å². The van der Waals surface area contributed by atoms with Gasteiger partial charge in [0.2, 0.25) is 0 Å². The van der Waals surface area contributed by atoms with E-state index in [1.807, 2.05) is 0 Å². The Morgan fingerprint density at radius 2 is 1.56 bits per heavy atom. The lowest BCUT2D eigenvalue weighted by Crippen LogP contribution is -2.41. The zero-order chi connectivity index (χ0) is 16.9. The van der Waals surface area contributed by atoms with Crippen molar-refractivity contribution in [2.45, 2.75) is 63.3 Å². The fraction of sp³-hybridized carbons (Fsp3) is 0.500. The van der Waals surface area contributed by atoms with Crippen molar-refractivity contribution in [3.63, 3.8) is 0 Å². The summed E-state index contributed by atoms with van der Waals surface area (Å²) in [6.07, 6.45) is 10.8. The molecule has 2 atom stereocenters. The molecule has 1 heteroatoms. The molecule has 0 aromatic heterocycles. The van der Waals surface area contributed by atoms with Crippen LogP contribution in [-0.2, 0) is 12.8 Å². The molecule has 0 amide bonds. The van der Waals surface area contributed by atoms with Gasteiger partial charge in [-0.3, -0.25) is 0 Å². The average Bonchev–Trinajstić information content (AvgIpc) is 2.69. The zero-order valence-electron chi connectivity index (χ0n) is 15.3. The number of benzene rings is 2. The Balaban J connectivity index is 1.50. The highest BCUT2D eigenvalue weighted by atomic mass is 14.9. The highest BCUT2D eigenvalue weighted by molar-refractivity contribution is 5.36. The van der Waals surface area contributed by atoms with Crippen LogP contribution < -0.4 is 5.32 Å². The molecule has 2 aliphatic rings. The van der Waals surface area contributed by atoms with Crippen LogP contribution >= 0.6 is 0 Å². The van der Waals surface area contributed by atoms with Gasteiger partial charge in [0.25, 0.3) is 0 Å². The normalized spacial score (nSPS) is 24.0. The van der Waals surface area contributed by atoms with E-state index in [1.165, 1.54) is 57.1 Å². The van der Waals surface area contributed by atoms with Gasteiger partial charge in [0, 0.05) is 12.0 Å². The molecule has 132 valence electrons. The van der Waals surface area contributed by atoms with Gasteiger partial charge in [0.15, 0.2) is 0 Å². The lowest BCUT2D eigenvalue weighted by atomic mass is 9.76. The van der Waals surface area contributed by atoms with Gasteiger partial charge in [-0.15, -0.1) is 0 Å². The summed E-state index contributed by atoms with van der Waals surface area (Å²) >= 11 is 0. The first-order chi connectivity index (χ1) is 12.4. The maximum absolute atomic E-state index is 4.00. The van der Waals surface area contributed by atoms with E-state index in [4.69, 9.17) is 0 Å². The van der Waals surface area contributed by atoms with Crippen molar-refractivity contribution in [1.29, 1.82) is 0 Å². The highest BCUT2D eigenvalue weighted by Gasteiger charge is 2.29. The van der Waals surface area contributed by atoms with Crippen molar-refractivity contribution in [3.8, 4) is 0 Å². The molecular weight excluding hydrogens is 302 g/mol. The summed E-state index contributed by atoms with van der Waals surface area (Å²) in [5.74, 6) is 1.51. The van der Waals surface area contributed by atoms with Crippen LogP contribution in [0.2, 0.25) is 0 Å². The smallest absolute Gasteiger partial charge is 0.0142 e. The predicted octanol–water partition coefficient (Wildman–Crippen LogP) is 5.50. The Bertz CT molecular complexity index is 657. The third-order valence-corrected chi connectivity index (χ3v) is 6.36. The summed E-state index contributed by atoms with van der Waals surface area (Å²) in [5.41, 5.74) is 4.62. The molecule has 1 nitrogen and oxygen atoms in total. The van der Waals surface area contributed by atoms with E-state index < -0.39 is 0 Å². The summed E-state index contributed by atoms with van der Waals surface area (Å²) < 4.78 is 0. The molecule has 1 N–H and O–H groups in total. The minimum absolute atomic E-state index is 0.607. The maximum atomic E-state index is 4.00. The standard InChI is InChI=1S/C24H31N/c1-3-9-19(10-4-1)17-23-22-14-8-7-13-21(22)15-16-24(23)25-18-20-11-5-2-6-12-20/h1,3-4,7-10,13-14,20,23-25H,2,5-6,11-12,15-18H2. The van der Waals surface area contributed by atoms with Crippen molar-refractivity contribution in [2.24, 2.45) is 5.92 Å². The minimum atomic E-state index is 0.607. The molecule has 0 heterocycles. The van der Waals surface area contributed by atoms with E-state index in [9.17, 15) is 0 Å². The maximum Gasteiger partial charge on any atom is 0.0142 e. The average molecular weight is 334 g/mol. The van der Waals surface area contributed by atoms with Crippen molar-refractivity contribution in [3.05, 3.63) is 71.3 Å². The van der Waals surface area contributed by atoms with E-state index in [-0.39, 0.29) is 0 Å². The van der Waals surface area contributed by atoms with Gasteiger partial charge >= 0.3 is 0 Å². The van der Waals surface area contributed by atoms with Crippen LogP contribution in [0.15, 0.2) is 54.6 Å². The van der Waals surface area contributed by atoms with Crippen LogP contribution in [-0.4, -0.2) is 12.6 Å². The second-order valence-electron chi connectivity index (χ2n) is 8.05. The van der Waals surface area contributed by atoms with E-state index in [0.29, 0.717) is 12.0 Å². The topological polar surface area (TPSA) is 12.0 Å². The molecule has 0 radical (unpaired) electrons. The van der Waals surface area contributed by atoms with Crippen LogP contribution in [0.1, 0.15) is 61.1 Å². The summed E-state index contributed by atoms with van der Waals surface area (Å²) in [7, 11) is 0. The second kappa shape index (κ2) is 8.19. The summed E-state index contributed by atoms with van der Waals surface area (Å²) in [4.78, 5) is 0. The second-order valence-corrected chi connectivity index (χ2v) is 8.05. The van der Waals surface area contributed by atoms with E-state index in [0.717, 1.165) is 12.3 Å². The molecule has 1 saturated carbocycles. The summed E-state index contributed by atoms with van der Waals surface area (Å²) in [5, 5.41) is 4.00. The number of hydrogen-bond acceptors (Lipinski definition) is 1. The SMILES string of the molecule is c1ccc(CC2c3ccccc3CCC2NCC2CCCCC2)cc1. The Morgan fingerprint density at radius 3 is 2.40 bits per heavy atom. The summed E-state index contributed by atoms with van der Waals surface area (Å²) in [6, 6.07) is 20.8. The van der Waals surface area contributed by atoms with Gasteiger partial charge in [-0.2, -0.15) is 0 Å². The number of hydrogen-bond donors (Lipinski definition) is 1. The van der Waals surface area contributed by atoms with Crippen molar-refractivity contribution >= 4 is 0 Å². The molecule has 2 aliphatic carbocycles. The van der Waals surface area contributed by atoms with Crippen molar-refractivity contribution < 1.29 is 0 Å². The molecule has 0 bridgehead atoms. The first-order valence-corrected chi connectivity index (χ1v) is 10.3. The predicted molar refractivity (Wildman–Crippen MR) is 106 cm³/mol. The lowest BCUT2D eigenvalue weighted by molar-refractivity contribution is 0.301. The van der Waals surface area contributed by atoms with E-state index in [1.54, 1.807) is 11.1 Å². The van der Waals surface area contributed by atoms with Gasteiger partial charge in [0.1, 0.15) is 0 Å². The van der Waals surface area contributed by atoms with E-state index in [2.05, 4.69) is 59.9 Å². The highest BCUT2D eigenvalue weighted by Crippen LogP contribution is 2.35. The molecular formula is C24H31N. The Kier molecular flexibility index (Phi) is 5.52. The van der Waals surface area contributed by atoms with Gasteiger partial charge in [0.05, 0.1) is 0 Å². The molecule has 0 aliphatic heterocycles. The molecule has 2 aromatic carbocycles. The molecule has 4 rings (SSSR count). The largest absolute Gasteiger partial charge is 0.313 e. The van der Waals surface area contributed by atoms with Crippen LogP contribution in [0.25, 0.3) is 0 Å². The third-order valence-electron chi connectivity index (χ3n) is 6.36. The van der Waals surface area contributed by atoms with E-state index >= 15 is 0 Å². The lowest BCUT2D eigenvalue weighted by Gasteiger charge is -2.36. The van der Waals surface area contributed by atoms with Crippen LogP contribution in [0.5, 0.6) is 0 Å². The molecule has 2 unspecified atom stereocenters. The van der Waals surface area contributed by atoms with Crippen molar-refractivity contribution in [1.82, 2.24) is 5.32 Å². The minimum Gasteiger partial charge on any atom is -0.313 e. The fourth-order valence-corrected chi connectivity index (χ4v) is 4.93. The third kappa shape index (κ3) is 4.15. The number of aryl methyl sites for hydroxylation is 1. The number of fused-ring (bicyclic) bond motifs is 1. The quantitative estimate of drug-likeness (QED) is 0.762. The first-order valence-electron chi connectivity index (χ1n) is 10.3. The van der Waals surface area contributed by atoms with Gasteiger partial charge in [-0.1, -0.05) is 73.9 Å². The zero-order valence-corrected chi connectivity index (χ0v) is 15.3. The first kappa shape index (κ1) is 16.8. The molecule has 0 saturated heterocycles. The Labute approximate surface area is 152 Å². The van der Waals surface area contributed by atoms with Crippen LogP contribution in [0, 0.1) is 5.92 Å². The van der Waals surface area contributed by atoms with Crippen LogP contribution in [0.3, 0.4) is 0 Å². The van der Waals surface area contributed by atoms with Crippen molar-refractivity contribution in [2.75, 3.05) is 6.54 Å². The fourth-order valence-electron chi connectivity index (χ4n) is 4.93. The molecule has 0 spiro atoms. The van der Waals surface area contributed by atoms with Crippen LogP contribution in [0.4, 0.5) is 0 Å². The summed E-state index contributed by atoms with van der Waals surface area (Å²) in [6.45, 7) is 1.22. The Hall–Kier alpha value is -1.60. The van der Waals surface area contributed by atoms with Gasteiger partial charge < -0.3 is 5.32 Å². The number of nitrogens with one attached hydrogen (secondary N) is 1. The molecule has 2 aromatic rings. The molecule has 25 heavy (non-hydrogen) atoms. The monoisotopic (exact) mass is 333 g/mol.